The van der Waals surface area contributed by atoms with Crippen LogP contribution >= 0.6 is 11.3 Å². The molecule has 2 aliphatic heterocycles. The Morgan fingerprint density at radius 3 is 2.50 bits per heavy atom. The molecule has 8 rings (SSSR count). The molecule has 0 radical (unpaired) electrons. The maximum atomic E-state index is 14.8. The quantitative estimate of drug-likeness (QED) is 0.119. The van der Waals surface area contributed by atoms with E-state index in [1.807, 2.05) is 37.4 Å². The van der Waals surface area contributed by atoms with Crippen LogP contribution in [0, 0.1) is 5.92 Å². The number of hydrogen-bond acceptors (Lipinski definition) is 13. The molecule has 18 heteroatoms. The minimum absolute atomic E-state index is 0.0196. The van der Waals surface area contributed by atoms with Gasteiger partial charge in [-0.25, -0.2) is 27.9 Å². The second-order valence-corrected chi connectivity index (χ2v) is 19.8. The zero-order valence-electron chi connectivity index (χ0n) is 36.2. The zero-order chi connectivity index (χ0) is 45.0. The van der Waals surface area contributed by atoms with Gasteiger partial charge in [0.1, 0.15) is 47.0 Å². The lowest BCUT2D eigenvalue weighted by atomic mass is 10.0. The summed E-state index contributed by atoms with van der Waals surface area (Å²) in [5.41, 5.74) is 0.150. The Bertz CT molecular complexity index is 2510. The van der Waals surface area contributed by atoms with Gasteiger partial charge in [-0.2, -0.15) is 0 Å². The standard InChI is InChI=1S/C46H55N7O9S2/c1-28(2)47-44-49-38(27-63-44)37-24-40(34-21-20-31(60-3)22-36(34)48-37)61-32-23-39-41(54)51-46(43(56)52-64(58,59)33-17-9-7-10-18-33)25-29(46)14-8-5-4-6-11-19-35(42(55)53(39)26-32)50-45(57)62-30-15-12-13-16-30/h7-10,14,17-18,20-22,24,27-30,32,35,39H,4-6,11-13,15-16,19,23,25-26H2,1-3H3,(H,47,49)(H,50,57)(H,51,54)(H,52,56)/b14-8-/t29?,32-,35+,39+,46-/m1/s1. The first-order valence-corrected chi connectivity index (χ1v) is 24.4. The molecule has 2 aromatic carbocycles. The second-order valence-electron chi connectivity index (χ2n) is 17.3. The van der Waals surface area contributed by atoms with Gasteiger partial charge in [0.25, 0.3) is 15.9 Å². The predicted molar refractivity (Wildman–Crippen MR) is 241 cm³/mol. The molecule has 1 unspecified atom stereocenters. The van der Waals surface area contributed by atoms with Crippen LogP contribution in [-0.2, 0) is 29.1 Å². The molecule has 4 N–H and O–H groups in total. The van der Waals surface area contributed by atoms with Crippen molar-refractivity contribution < 1.29 is 41.8 Å². The molecule has 2 saturated carbocycles. The molecule has 4 aliphatic rings. The average Bonchev–Trinajstić information content (AvgIpc) is 3.70. The summed E-state index contributed by atoms with van der Waals surface area (Å²) < 4.78 is 47.0. The molecular formula is C46H55N7O9S2. The lowest BCUT2D eigenvalue weighted by Gasteiger charge is -2.30. The Hall–Kier alpha value is -5.75. The number of amides is 4. The summed E-state index contributed by atoms with van der Waals surface area (Å²) >= 11 is 1.45. The summed E-state index contributed by atoms with van der Waals surface area (Å²) in [4.78, 5) is 68.0. The fourth-order valence-corrected chi connectivity index (χ4v) is 10.7. The van der Waals surface area contributed by atoms with Gasteiger partial charge in [0.05, 0.1) is 29.8 Å². The summed E-state index contributed by atoms with van der Waals surface area (Å²) in [5.74, 6) is -1.48. The highest BCUT2D eigenvalue weighted by atomic mass is 32.2. The molecule has 4 aromatic rings. The van der Waals surface area contributed by atoms with Crippen molar-refractivity contribution in [1.82, 2.24) is 30.2 Å². The van der Waals surface area contributed by atoms with Gasteiger partial charge in [0.2, 0.25) is 11.8 Å². The number of nitrogens with one attached hydrogen (secondary N) is 4. The molecule has 0 bridgehead atoms. The maximum absolute atomic E-state index is 14.8. The van der Waals surface area contributed by atoms with E-state index in [-0.39, 0.29) is 36.4 Å². The van der Waals surface area contributed by atoms with Crippen LogP contribution in [0.2, 0.25) is 0 Å². The Labute approximate surface area is 377 Å². The average molecular weight is 914 g/mol. The molecule has 16 nitrogen and oxygen atoms in total. The molecule has 4 amide bonds. The lowest BCUT2D eigenvalue weighted by molar-refractivity contribution is -0.141. The number of fused-ring (bicyclic) bond motifs is 3. The van der Waals surface area contributed by atoms with Gasteiger partial charge >= 0.3 is 6.09 Å². The second kappa shape index (κ2) is 19.2. The van der Waals surface area contributed by atoms with Crippen LogP contribution in [0.25, 0.3) is 22.3 Å². The van der Waals surface area contributed by atoms with E-state index in [0.717, 1.165) is 43.7 Å². The van der Waals surface area contributed by atoms with Gasteiger partial charge in [-0.3, -0.25) is 14.4 Å². The number of ether oxygens (including phenoxy) is 3. The fraction of sp³-hybridized carbons (Fsp3) is 0.478. The van der Waals surface area contributed by atoms with E-state index in [0.29, 0.717) is 53.1 Å². The van der Waals surface area contributed by atoms with Crippen molar-refractivity contribution in [2.45, 2.75) is 125 Å². The first-order valence-electron chi connectivity index (χ1n) is 22.1. The molecule has 64 heavy (non-hydrogen) atoms. The molecule has 4 heterocycles. The van der Waals surface area contributed by atoms with Crippen molar-refractivity contribution in [3.63, 3.8) is 0 Å². The van der Waals surface area contributed by atoms with Gasteiger partial charge in [0.15, 0.2) is 5.13 Å². The lowest BCUT2D eigenvalue weighted by Crippen LogP contribution is -2.58. The highest BCUT2D eigenvalue weighted by Gasteiger charge is 2.61. The number of rotatable bonds is 11. The van der Waals surface area contributed by atoms with E-state index in [2.05, 4.69) is 20.7 Å². The van der Waals surface area contributed by atoms with Crippen molar-refractivity contribution in [1.29, 1.82) is 0 Å². The summed E-state index contributed by atoms with van der Waals surface area (Å²) in [6, 6.07) is 12.8. The van der Waals surface area contributed by atoms with Crippen molar-refractivity contribution in [3.8, 4) is 22.9 Å². The third-order valence-electron chi connectivity index (χ3n) is 12.2. The molecule has 340 valence electrons. The summed E-state index contributed by atoms with van der Waals surface area (Å²) in [7, 11) is -2.71. The van der Waals surface area contributed by atoms with Crippen molar-refractivity contribution in [2.75, 3.05) is 19.0 Å². The number of nitrogens with zero attached hydrogens (tertiary/aromatic N) is 3. The molecule has 0 spiro atoms. The van der Waals surface area contributed by atoms with Crippen LogP contribution in [0.5, 0.6) is 11.5 Å². The number of benzene rings is 2. The largest absolute Gasteiger partial charge is 0.497 e. The van der Waals surface area contributed by atoms with E-state index in [4.69, 9.17) is 24.2 Å². The molecule has 5 atom stereocenters. The first-order chi connectivity index (χ1) is 30.8. The Balaban J connectivity index is 1.12. The number of hydrogen-bond donors (Lipinski definition) is 4. The van der Waals surface area contributed by atoms with Gasteiger partial charge in [0, 0.05) is 41.3 Å². The summed E-state index contributed by atoms with van der Waals surface area (Å²) in [5, 5.41) is 12.4. The number of alkyl carbamates (subject to hydrolysis) is 1. The SMILES string of the molecule is COc1ccc2c(O[C@@H]3C[C@H]4C(=O)N[C@]5(C(=O)NS(=O)(=O)c6ccccc6)CC5/C=C\CCCCC[C@H](NC(=O)OC5CCCC5)C(=O)N4C3)cc(-c3csc(NC(C)C)n3)nc2c1. The molecule has 3 fully saturated rings. The molecule has 1 saturated heterocycles. The van der Waals surface area contributed by atoms with Crippen LogP contribution in [-0.4, -0.2) is 96.6 Å². The minimum atomic E-state index is -4.28. The number of sulfonamides is 1. The van der Waals surface area contributed by atoms with Crippen molar-refractivity contribution in [3.05, 3.63) is 72.1 Å². The number of allylic oxidation sites excluding steroid dienone is 1. The third kappa shape index (κ3) is 10.1. The number of anilines is 1. The normalized spacial score (nSPS) is 24.7. The van der Waals surface area contributed by atoms with Crippen LogP contribution in [0.1, 0.15) is 84.5 Å². The van der Waals surface area contributed by atoms with Crippen LogP contribution in [0.3, 0.4) is 0 Å². The number of carbonyl (C=O) groups is 4. The number of thiazole rings is 1. The molecule has 2 aromatic heterocycles. The number of aromatic nitrogens is 2. The Morgan fingerprint density at radius 1 is 0.953 bits per heavy atom. The summed E-state index contributed by atoms with van der Waals surface area (Å²) in [6.07, 6.45) is 8.88. The Morgan fingerprint density at radius 2 is 1.73 bits per heavy atom. The first kappa shape index (κ1) is 44.8. The van der Waals surface area contributed by atoms with E-state index < -0.39 is 63.5 Å². The highest BCUT2D eigenvalue weighted by Crippen LogP contribution is 2.46. The van der Waals surface area contributed by atoms with Gasteiger partial charge in [-0.15, -0.1) is 11.3 Å². The molecule has 2 aliphatic carbocycles. The van der Waals surface area contributed by atoms with E-state index in [1.165, 1.54) is 28.4 Å². The summed E-state index contributed by atoms with van der Waals surface area (Å²) in [6.45, 7) is 4.02. The van der Waals surface area contributed by atoms with Crippen LogP contribution in [0.4, 0.5) is 9.93 Å². The van der Waals surface area contributed by atoms with E-state index in [9.17, 15) is 27.6 Å². The monoisotopic (exact) mass is 913 g/mol. The van der Waals surface area contributed by atoms with Crippen molar-refractivity contribution in [2.24, 2.45) is 5.92 Å². The fourth-order valence-electron chi connectivity index (χ4n) is 8.79. The van der Waals surface area contributed by atoms with Crippen LogP contribution < -0.4 is 30.1 Å². The van der Waals surface area contributed by atoms with E-state index in [1.54, 1.807) is 43.5 Å². The highest BCUT2D eigenvalue weighted by molar-refractivity contribution is 7.90. The smallest absolute Gasteiger partial charge is 0.408 e. The van der Waals surface area contributed by atoms with Gasteiger partial charge in [-0.05, 0) is 89.5 Å². The number of pyridine rings is 1. The minimum Gasteiger partial charge on any atom is -0.497 e. The maximum Gasteiger partial charge on any atom is 0.408 e. The molecular weight excluding hydrogens is 859 g/mol. The van der Waals surface area contributed by atoms with Crippen LogP contribution in [0.15, 0.2) is 77.0 Å². The predicted octanol–water partition coefficient (Wildman–Crippen LogP) is 6.47. The Kier molecular flexibility index (Phi) is 13.4. The zero-order valence-corrected chi connectivity index (χ0v) is 37.8. The van der Waals surface area contributed by atoms with Gasteiger partial charge < -0.3 is 35.1 Å². The third-order valence-corrected chi connectivity index (χ3v) is 14.4. The number of carbonyl (C=O) groups excluding carboxylic acids is 4. The number of methoxy groups -OCH3 is 1. The van der Waals surface area contributed by atoms with Gasteiger partial charge in [-0.1, -0.05) is 43.2 Å². The van der Waals surface area contributed by atoms with Crippen molar-refractivity contribution >= 4 is 61.2 Å². The van der Waals surface area contributed by atoms with E-state index >= 15 is 0 Å². The topological polar surface area (TPSA) is 207 Å².